The second kappa shape index (κ2) is 7.11. The first-order valence-corrected chi connectivity index (χ1v) is 7.43. The maximum Gasteiger partial charge on any atom is 0.324 e. The van der Waals surface area contributed by atoms with Gasteiger partial charge >= 0.3 is 6.03 Å². The highest BCUT2D eigenvalue weighted by Gasteiger charge is 2.36. The average Bonchev–Trinajstić information content (AvgIpc) is 2.71. The maximum absolute atomic E-state index is 12.0. The Morgan fingerprint density at radius 2 is 2.14 bits per heavy atom. The number of benzene rings is 1. The van der Waals surface area contributed by atoms with Gasteiger partial charge < -0.3 is 10.1 Å². The first kappa shape index (κ1) is 15.4. The van der Waals surface area contributed by atoms with Gasteiger partial charge in [-0.15, -0.1) is 0 Å². The molecule has 1 atom stereocenters. The van der Waals surface area contributed by atoms with Crippen LogP contribution in [0.2, 0.25) is 0 Å². The van der Waals surface area contributed by atoms with Gasteiger partial charge in [0.15, 0.2) is 0 Å². The molecule has 5 heteroatoms. The third-order valence-electron chi connectivity index (χ3n) is 3.47. The van der Waals surface area contributed by atoms with Crippen LogP contribution in [0.4, 0.5) is 4.79 Å². The Morgan fingerprint density at radius 3 is 2.86 bits per heavy atom. The van der Waals surface area contributed by atoms with E-state index in [1.807, 2.05) is 38.1 Å². The van der Waals surface area contributed by atoms with Crippen molar-refractivity contribution in [3.8, 4) is 5.75 Å². The second-order valence-electron chi connectivity index (χ2n) is 5.30. The van der Waals surface area contributed by atoms with E-state index in [1.54, 1.807) is 0 Å². The molecule has 1 aliphatic heterocycles. The van der Waals surface area contributed by atoms with Gasteiger partial charge in [-0.2, -0.15) is 0 Å². The number of nitrogens with zero attached hydrogens (tertiary/aromatic N) is 1. The van der Waals surface area contributed by atoms with Crippen molar-refractivity contribution in [3.63, 3.8) is 0 Å². The second-order valence-corrected chi connectivity index (χ2v) is 5.30. The van der Waals surface area contributed by atoms with Crippen LogP contribution in [0, 0.1) is 6.92 Å². The Labute approximate surface area is 125 Å². The summed E-state index contributed by atoms with van der Waals surface area (Å²) < 4.78 is 5.62. The fourth-order valence-electron chi connectivity index (χ4n) is 2.39. The van der Waals surface area contributed by atoms with Gasteiger partial charge in [0.2, 0.25) is 0 Å². The zero-order chi connectivity index (χ0) is 15.2. The van der Waals surface area contributed by atoms with E-state index in [1.165, 1.54) is 4.90 Å². The summed E-state index contributed by atoms with van der Waals surface area (Å²) in [6.07, 6.45) is 2.20. The van der Waals surface area contributed by atoms with Crippen LogP contribution in [0.25, 0.3) is 0 Å². The van der Waals surface area contributed by atoms with E-state index in [2.05, 4.69) is 5.32 Å². The number of aryl methyl sites for hydroxylation is 1. The zero-order valence-corrected chi connectivity index (χ0v) is 12.6. The fourth-order valence-corrected chi connectivity index (χ4v) is 2.39. The number of hydrogen-bond donors (Lipinski definition) is 1. The minimum atomic E-state index is -0.347. The summed E-state index contributed by atoms with van der Waals surface area (Å²) in [6, 6.07) is 7.18. The molecule has 1 saturated heterocycles. The van der Waals surface area contributed by atoms with Gasteiger partial charge in [0, 0.05) is 6.54 Å². The number of imide groups is 1. The minimum Gasteiger partial charge on any atom is -0.494 e. The number of hydrogen-bond acceptors (Lipinski definition) is 3. The molecule has 1 aromatic rings. The average molecular weight is 290 g/mol. The van der Waals surface area contributed by atoms with Gasteiger partial charge in [0.25, 0.3) is 5.91 Å². The first-order valence-electron chi connectivity index (χ1n) is 7.43. The molecule has 0 aromatic heterocycles. The van der Waals surface area contributed by atoms with Crippen LogP contribution in [-0.4, -0.2) is 36.0 Å². The summed E-state index contributed by atoms with van der Waals surface area (Å²) >= 11 is 0. The van der Waals surface area contributed by atoms with Crippen molar-refractivity contribution in [2.45, 2.75) is 39.2 Å². The normalized spacial score (nSPS) is 18.0. The molecular weight excluding hydrogens is 268 g/mol. The highest BCUT2D eigenvalue weighted by Crippen LogP contribution is 2.14. The molecule has 1 aromatic carbocycles. The Hall–Kier alpha value is -2.04. The van der Waals surface area contributed by atoms with Crippen molar-refractivity contribution in [1.82, 2.24) is 10.2 Å². The molecule has 0 bridgehead atoms. The van der Waals surface area contributed by atoms with Crippen LogP contribution in [0.15, 0.2) is 24.3 Å². The maximum atomic E-state index is 12.0. The number of carbonyl (C=O) groups excluding carboxylic acids is 2. The smallest absolute Gasteiger partial charge is 0.324 e. The third kappa shape index (κ3) is 3.97. The molecule has 21 heavy (non-hydrogen) atoms. The Morgan fingerprint density at radius 1 is 1.33 bits per heavy atom. The van der Waals surface area contributed by atoms with Crippen LogP contribution >= 0.6 is 0 Å². The number of rotatable bonds is 7. The molecular formula is C16H22N2O3. The number of amides is 3. The predicted octanol–water partition coefficient (Wildman–Crippen LogP) is 2.48. The lowest BCUT2D eigenvalue weighted by atomic mass is 10.2. The summed E-state index contributed by atoms with van der Waals surface area (Å²) in [6.45, 7) is 4.89. The molecule has 3 amide bonds. The molecule has 0 unspecified atom stereocenters. The lowest BCUT2D eigenvalue weighted by Gasteiger charge is -2.13. The topological polar surface area (TPSA) is 58.6 Å². The van der Waals surface area contributed by atoms with Gasteiger partial charge in [0.1, 0.15) is 11.8 Å². The summed E-state index contributed by atoms with van der Waals surface area (Å²) in [5, 5.41) is 2.72. The quantitative estimate of drug-likeness (QED) is 0.620. The number of urea groups is 1. The summed E-state index contributed by atoms with van der Waals surface area (Å²) in [5.74, 6) is 0.702. The lowest BCUT2D eigenvalue weighted by Crippen LogP contribution is -2.33. The van der Waals surface area contributed by atoms with Gasteiger partial charge in [-0.05, 0) is 37.5 Å². The monoisotopic (exact) mass is 290 g/mol. The van der Waals surface area contributed by atoms with Crippen LogP contribution in [0.3, 0.4) is 0 Å². The Balaban J connectivity index is 1.76. The predicted molar refractivity (Wildman–Crippen MR) is 80.2 cm³/mol. The molecule has 0 aliphatic carbocycles. The number of nitrogens with one attached hydrogen (secondary N) is 1. The largest absolute Gasteiger partial charge is 0.494 e. The molecule has 0 spiro atoms. The highest BCUT2D eigenvalue weighted by atomic mass is 16.5. The number of carbonyl (C=O) groups is 2. The molecule has 114 valence electrons. The molecule has 1 fully saturated rings. The molecule has 2 rings (SSSR count). The first-order chi connectivity index (χ1) is 10.1. The minimum absolute atomic E-state index is 0.114. The van der Waals surface area contributed by atoms with E-state index in [-0.39, 0.29) is 18.0 Å². The molecule has 0 radical (unpaired) electrons. The van der Waals surface area contributed by atoms with Gasteiger partial charge in [-0.3, -0.25) is 9.69 Å². The van der Waals surface area contributed by atoms with Crippen LogP contribution < -0.4 is 10.1 Å². The fraction of sp³-hybridized carbons (Fsp3) is 0.500. The van der Waals surface area contributed by atoms with E-state index in [0.717, 1.165) is 17.7 Å². The van der Waals surface area contributed by atoms with Crippen molar-refractivity contribution >= 4 is 11.9 Å². The summed E-state index contributed by atoms with van der Waals surface area (Å²) in [5.41, 5.74) is 1.14. The Kier molecular flexibility index (Phi) is 5.20. The molecule has 5 nitrogen and oxygen atoms in total. The van der Waals surface area contributed by atoms with E-state index in [0.29, 0.717) is 26.0 Å². The van der Waals surface area contributed by atoms with Crippen LogP contribution in [-0.2, 0) is 4.79 Å². The van der Waals surface area contributed by atoms with Crippen LogP contribution in [0.1, 0.15) is 31.7 Å². The SMILES string of the molecule is CCC[C@@H]1NC(=O)N(CCCOc2cccc(C)c2)C1=O. The summed E-state index contributed by atoms with van der Waals surface area (Å²) in [4.78, 5) is 25.0. The van der Waals surface area contributed by atoms with Crippen molar-refractivity contribution in [3.05, 3.63) is 29.8 Å². The van der Waals surface area contributed by atoms with Gasteiger partial charge in [-0.1, -0.05) is 25.5 Å². The van der Waals surface area contributed by atoms with E-state index in [4.69, 9.17) is 4.74 Å². The van der Waals surface area contributed by atoms with E-state index in [9.17, 15) is 9.59 Å². The van der Waals surface area contributed by atoms with Crippen molar-refractivity contribution < 1.29 is 14.3 Å². The number of ether oxygens (including phenoxy) is 1. The standard InChI is InChI=1S/C16H22N2O3/c1-3-6-14-15(19)18(16(20)17-14)9-5-10-21-13-8-4-7-12(2)11-13/h4,7-8,11,14H,3,5-6,9-10H2,1-2H3,(H,17,20)/t14-/m0/s1. The third-order valence-corrected chi connectivity index (χ3v) is 3.47. The van der Waals surface area contributed by atoms with E-state index >= 15 is 0 Å². The Bertz CT molecular complexity index is 516. The van der Waals surface area contributed by atoms with Crippen molar-refractivity contribution in [2.75, 3.05) is 13.2 Å². The van der Waals surface area contributed by atoms with Crippen molar-refractivity contribution in [1.29, 1.82) is 0 Å². The van der Waals surface area contributed by atoms with Crippen LogP contribution in [0.5, 0.6) is 5.75 Å². The highest BCUT2D eigenvalue weighted by molar-refractivity contribution is 6.04. The molecule has 1 heterocycles. The zero-order valence-electron chi connectivity index (χ0n) is 12.6. The van der Waals surface area contributed by atoms with Gasteiger partial charge in [0.05, 0.1) is 6.61 Å². The molecule has 1 aliphatic rings. The summed E-state index contributed by atoms with van der Waals surface area (Å²) in [7, 11) is 0. The van der Waals surface area contributed by atoms with Gasteiger partial charge in [-0.25, -0.2) is 4.79 Å². The molecule has 0 saturated carbocycles. The lowest BCUT2D eigenvalue weighted by molar-refractivity contribution is -0.127. The molecule has 1 N–H and O–H groups in total. The van der Waals surface area contributed by atoms with Crippen molar-refractivity contribution in [2.24, 2.45) is 0 Å². The van der Waals surface area contributed by atoms with E-state index < -0.39 is 0 Å².